The van der Waals surface area contributed by atoms with E-state index in [1.54, 1.807) is 4.90 Å². The molecule has 1 N–H and O–H groups in total. The Morgan fingerprint density at radius 3 is 2.76 bits per heavy atom. The second-order valence-corrected chi connectivity index (χ2v) is 4.94. The van der Waals surface area contributed by atoms with E-state index in [0.717, 1.165) is 25.7 Å². The molecule has 2 fully saturated rings. The molecule has 1 aliphatic carbocycles. The summed E-state index contributed by atoms with van der Waals surface area (Å²) >= 11 is 0. The van der Waals surface area contributed by atoms with Gasteiger partial charge in [-0.2, -0.15) is 0 Å². The Hall–Kier alpha value is -1.10. The summed E-state index contributed by atoms with van der Waals surface area (Å²) in [5, 5.41) is 9.20. The van der Waals surface area contributed by atoms with Crippen molar-refractivity contribution in [3.8, 4) is 0 Å². The summed E-state index contributed by atoms with van der Waals surface area (Å²) in [6.45, 7) is 3.80. The van der Waals surface area contributed by atoms with Crippen molar-refractivity contribution >= 4 is 11.9 Å². The van der Waals surface area contributed by atoms with Gasteiger partial charge in [0, 0.05) is 6.54 Å². The Kier molecular flexibility index (Phi) is 3.12. The van der Waals surface area contributed by atoms with Crippen molar-refractivity contribution in [1.82, 2.24) is 4.90 Å². The molecule has 0 bridgehead atoms. The number of hydrogen-bond donors (Lipinski definition) is 1. The predicted octanol–water partition coefficient (Wildman–Crippen LogP) is 1.02. The molecule has 2 rings (SSSR count). The SMILES string of the molecule is CCN1C(=O)C(C)(C(=O)O)O[C@H]2CCCC[C@@H]21. The molecule has 2 aliphatic rings. The van der Waals surface area contributed by atoms with Crippen LogP contribution in [-0.2, 0) is 14.3 Å². The van der Waals surface area contributed by atoms with Crippen molar-refractivity contribution in [3.63, 3.8) is 0 Å². The Bertz CT molecular complexity index is 343. The van der Waals surface area contributed by atoms with Crippen LogP contribution in [0.5, 0.6) is 0 Å². The molecule has 1 aliphatic heterocycles. The minimum absolute atomic E-state index is 0.0636. The molecule has 0 radical (unpaired) electrons. The number of fused-ring (bicyclic) bond motifs is 1. The molecule has 0 aromatic heterocycles. The lowest BCUT2D eigenvalue weighted by Crippen LogP contribution is -2.66. The lowest BCUT2D eigenvalue weighted by atomic mass is 9.86. The second-order valence-electron chi connectivity index (χ2n) is 4.94. The van der Waals surface area contributed by atoms with Gasteiger partial charge < -0.3 is 14.7 Å². The summed E-state index contributed by atoms with van der Waals surface area (Å²) in [5.74, 6) is -1.60. The highest BCUT2D eigenvalue weighted by atomic mass is 16.5. The fourth-order valence-electron chi connectivity index (χ4n) is 2.87. The second kappa shape index (κ2) is 4.29. The molecule has 5 nitrogen and oxygen atoms in total. The Morgan fingerprint density at radius 2 is 2.18 bits per heavy atom. The third-order valence-corrected chi connectivity index (χ3v) is 3.87. The van der Waals surface area contributed by atoms with Gasteiger partial charge in [-0.3, -0.25) is 4.79 Å². The predicted molar refractivity (Wildman–Crippen MR) is 60.6 cm³/mol. The molecule has 3 atom stereocenters. The zero-order chi connectivity index (χ0) is 12.6. The van der Waals surface area contributed by atoms with Crippen LogP contribution in [-0.4, -0.2) is 46.2 Å². The van der Waals surface area contributed by atoms with E-state index in [0.29, 0.717) is 6.54 Å². The zero-order valence-electron chi connectivity index (χ0n) is 10.3. The largest absolute Gasteiger partial charge is 0.479 e. The fourth-order valence-corrected chi connectivity index (χ4v) is 2.87. The third kappa shape index (κ3) is 1.82. The number of likely N-dealkylation sites (N-methyl/N-ethyl adjacent to an activating group) is 1. The van der Waals surface area contributed by atoms with E-state index in [2.05, 4.69) is 0 Å². The fraction of sp³-hybridized carbons (Fsp3) is 0.833. The van der Waals surface area contributed by atoms with Crippen LogP contribution in [0.1, 0.15) is 39.5 Å². The van der Waals surface area contributed by atoms with Gasteiger partial charge in [0.15, 0.2) is 0 Å². The number of carboxylic acids is 1. The van der Waals surface area contributed by atoms with Crippen LogP contribution in [0.4, 0.5) is 0 Å². The Balaban J connectivity index is 2.31. The van der Waals surface area contributed by atoms with Crippen molar-refractivity contribution in [2.24, 2.45) is 0 Å². The highest BCUT2D eigenvalue weighted by Gasteiger charge is 2.54. The summed E-state index contributed by atoms with van der Waals surface area (Å²) < 4.78 is 5.59. The molecule has 1 amide bonds. The highest BCUT2D eigenvalue weighted by Crippen LogP contribution is 2.35. The molecule has 1 saturated heterocycles. The third-order valence-electron chi connectivity index (χ3n) is 3.87. The van der Waals surface area contributed by atoms with Gasteiger partial charge in [0.25, 0.3) is 5.91 Å². The van der Waals surface area contributed by atoms with E-state index in [1.807, 2.05) is 6.92 Å². The molecule has 17 heavy (non-hydrogen) atoms. The van der Waals surface area contributed by atoms with Gasteiger partial charge in [-0.05, 0) is 26.7 Å². The van der Waals surface area contributed by atoms with E-state index >= 15 is 0 Å². The van der Waals surface area contributed by atoms with Gasteiger partial charge in [0.2, 0.25) is 5.60 Å². The van der Waals surface area contributed by atoms with Gasteiger partial charge in [0.05, 0.1) is 12.1 Å². The summed E-state index contributed by atoms with van der Waals surface area (Å²) in [5.41, 5.74) is -1.70. The molecular formula is C12H19NO4. The Labute approximate surface area is 101 Å². The number of carboxylic acid groups (broad SMARTS) is 1. The monoisotopic (exact) mass is 241 g/mol. The summed E-state index contributed by atoms with van der Waals surface area (Å²) in [4.78, 5) is 25.1. The van der Waals surface area contributed by atoms with Gasteiger partial charge in [-0.1, -0.05) is 12.8 Å². The van der Waals surface area contributed by atoms with Gasteiger partial charge >= 0.3 is 5.97 Å². The normalized spacial score (nSPS) is 37.8. The number of carbonyl (C=O) groups excluding carboxylic acids is 1. The van der Waals surface area contributed by atoms with Crippen LogP contribution < -0.4 is 0 Å². The Morgan fingerprint density at radius 1 is 1.53 bits per heavy atom. The molecular weight excluding hydrogens is 222 g/mol. The number of nitrogens with zero attached hydrogens (tertiary/aromatic N) is 1. The van der Waals surface area contributed by atoms with E-state index in [9.17, 15) is 14.7 Å². The summed E-state index contributed by atoms with van der Waals surface area (Å²) in [6.07, 6.45) is 3.76. The van der Waals surface area contributed by atoms with Gasteiger partial charge in [-0.25, -0.2) is 4.79 Å². The van der Waals surface area contributed by atoms with Crippen LogP contribution in [0.2, 0.25) is 0 Å². The molecule has 0 aromatic rings. The lowest BCUT2D eigenvalue weighted by molar-refractivity contribution is -0.209. The van der Waals surface area contributed by atoms with Crippen molar-refractivity contribution in [2.45, 2.75) is 57.3 Å². The first-order valence-corrected chi connectivity index (χ1v) is 6.23. The maximum absolute atomic E-state index is 12.2. The lowest BCUT2D eigenvalue weighted by Gasteiger charge is -2.48. The first-order chi connectivity index (χ1) is 8.00. The number of amides is 1. The molecule has 1 saturated carbocycles. The van der Waals surface area contributed by atoms with Crippen molar-refractivity contribution in [1.29, 1.82) is 0 Å². The minimum Gasteiger partial charge on any atom is -0.479 e. The van der Waals surface area contributed by atoms with Crippen LogP contribution in [0.25, 0.3) is 0 Å². The van der Waals surface area contributed by atoms with E-state index in [1.165, 1.54) is 6.92 Å². The van der Waals surface area contributed by atoms with Crippen LogP contribution >= 0.6 is 0 Å². The molecule has 0 aromatic carbocycles. The van der Waals surface area contributed by atoms with Crippen molar-refractivity contribution in [2.75, 3.05) is 6.54 Å². The van der Waals surface area contributed by atoms with E-state index in [-0.39, 0.29) is 12.1 Å². The average molecular weight is 241 g/mol. The number of ether oxygens (including phenoxy) is 1. The van der Waals surface area contributed by atoms with Crippen LogP contribution in [0.15, 0.2) is 0 Å². The average Bonchev–Trinajstić information content (AvgIpc) is 2.30. The molecule has 96 valence electrons. The zero-order valence-corrected chi connectivity index (χ0v) is 10.3. The molecule has 1 unspecified atom stereocenters. The number of carbonyl (C=O) groups is 2. The van der Waals surface area contributed by atoms with Crippen molar-refractivity contribution < 1.29 is 19.4 Å². The maximum Gasteiger partial charge on any atom is 0.345 e. The van der Waals surface area contributed by atoms with Crippen LogP contribution in [0.3, 0.4) is 0 Å². The maximum atomic E-state index is 12.2. The highest BCUT2D eigenvalue weighted by molar-refractivity contribution is 6.05. The van der Waals surface area contributed by atoms with E-state index < -0.39 is 17.5 Å². The van der Waals surface area contributed by atoms with Crippen molar-refractivity contribution in [3.05, 3.63) is 0 Å². The van der Waals surface area contributed by atoms with Gasteiger partial charge in [0.1, 0.15) is 0 Å². The molecule has 1 heterocycles. The molecule has 0 spiro atoms. The number of aliphatic carboxylic acids is 1. The first kappa shape index (κ1) is 12.4. The quantitative estimate of drug-likeness (QED) is 0.733. The standard InChI is InChI=1S/C12H19NO4/c1-3-13-8-6-4-5-7-9(8)17-12(2,10(13)14)11(15)16/h8-9H,3-7H2,1-2H3,(H,15,16)/t8-,9-,12?/m0/s1. The number of hydrogen-bond acceptors (Lipinski definition) is 3. The summed E-state index contributed by atoms with van der Waals surface area (Å²) in [6, 6.07) is 0.0636. The van der Waals surface area contributed by atoms with E-state index in [4.69, 9.17) is 4.74 Å². The minimum atomic E-state index is -1.70. The smallest absolute Gasteiger partial charge is 0.345 e. The van der Waals surface area contributed by atoms with Crippen LogP contribution in [0, 0.1) is 0 Å². The summed E-state index contributed by atoms with van der Waals surface area (Å²) in [7, 11) is 0. The molecule has 5 heteroatoms. The van der Waals surface area contributed by atoms with Gasteiger partial charge in [-0.15, -0.1) is 0 Å². The first-order valence-electron chi connectivity index (χ1n) is 6.23. The number of morpholine rings is 1. The topological polar surface area (TPSA) is 66.8 Å². The number of rotatable bonds is 2.